The van der Waals surface area contributed by atoms with Crippen molar-refractivity contribution in [2.24, 2.45) is 0 Å². The van der Waals surface area contributed by atoms with Crippen LogP contribution in [0.3, 0.4) is 0 Å². The van der Waals surface area contributed by atoms with Gasteiger partial charge >= 0.3 is 5.97 Å². The summed E-state index contributed by atoms with van der Waals surface area (Å²) in [7, 11) is -1.25. The van der Waals surface area contributed by atoms with E-state index in [1.165, 1.54) is 12.1 Å². The van der Waals surface area contributed by atoms with E-state index in [-0.39, 0.29) is 5.56 Å². The topological polar surface area (TPSA) is 54.4 Å². The number of halogens is 1. The molecule has 0 aromatic heterocycles. The summed E-state index contributed by atoms with van der Waals surface area (Å²) < 4.78 is 13.1. The fourth-order valence-electron chi connectivity index (χ4n) is 1.59. The normalized spacial score (nSPS) is 12.1. The molecule has 98 valence electrons. The van der Waals surface area contributed by atoms with Gasteiger partial charge < -0.3 is 5.11 Å². The van der Waals surface area contributed by atoms with Gasteiger partial charge in [0.05, 0.1) is 22.1 Å². The smallest absolute Gasteiger partial charge is 0.335 e. The van der Waals surface area contributed by atoms with Gasteiger partial charge in [-0.05, 0) is 35.9 Å². The summed E-state index contributed by atoms with van der Waals surface area (Å²) in [4.78, 5) is 11.4. The number of hydrogen-bond acceptors (Lipinski definition) is 2. The first-order chi connectivity index (χ1) is 9.06. The minimum atomic E-state index is -1.25. The highest BCUT2D eigenvalue weighted by Gasteiger charge is 2.09. The second-order valence-electron chi connectivity index (χ2n) is 3.95. The third-order valence-electron chi connectivity index (χ3n) is 2.55. The zero-order valence-electron chi connectivity index (χ0n) is 9.88. The van der Waals surface area contributed by atoms with Crippen LogP contribution < -0.4 is 0 Å². The van der Waals surface area contributed by atoms with Crippen molar-refractivity contribution >= 4 is 32.7 Å². The Morgan fingerprint density at radius 3 is 2.47 bits per heavy atom. The van der Waals surface area contributed by atoms with Crippen LogP contribution in [0.4, 0.5) is 0 Å². The van der Waals surface area contributed by atoms with E-state index in [0.29, 0.717) is 10.6 Å². The molecule has 0 aliphatic carbocycles. The van der Waals surface area contributed by atoms with E-state index in [1.807, 2.05) is 24.3 Å². The molecule has 0 fully saturated rings. The standard InChI is InChI=1S/C14H11BrO3S/c15-12-6-4-10(5-7-12)9-19(18)13-3-1-2-11(8-13)14(16)17/h1-8H,9H2,(H,16,17). The predicted octanol–water partition coefficient (Wildman–Crippen LogP) is 3.46. The van der Waals surface area contributed by atoms with E-state index in [2.05, 4.69) is 15.9 Å². The fourth-order valence-corrected chi connectivity index (χ4v) is 3.00. The monoisotopic (exact) mass is 338 g/mol. The van der Waals surface area contributed by atoms with Crippen LogP contribution in [-0.2, 0) is 16.6 Å². The first kappa shape index (κ1) is 14.0. The molecule has 0 heterocycles. The molecule has 2 rings (SSSR count). The first-order valence-corrected chi connectivity index (χ1v) is 7.63. The molecular formula is C14H11BrO3S. The lowest BCUT2D eigenvalue weighted by molar-refractivity contribution is 0.0696. The van der Waals surface area contributed by atoms with Gasteiger partial charge in [0.2, 0.25) is 0 Å². The molecule has 0 spiro atoms. The quantitative estimate of drug-likeness (QED) is 0.928. The molecule has 0 saturated heterocycles. The van der Waals surface area contributed by atoms with Gasteiger partial charge in [-0.25, -0.2) is 4.79 Å². The predicted molar refractivity (Wildman–Crippen MR) is 77.7 cm³/mol. The molecule has 3 nitrogen and oxygen atoms in total. The highest BCUT2D eigenvalue weighted by Crippen LogP contribution is 2.16. The van der Waals surface area contributed by atoms with Gasteiger partial charge in [0.25, 0.3) is 0 Å². The maximum atomic E-state index is 12.2. The Morgan fingerprint density at radius 1 is 1.16 bits per heavy atom. The summed E-state index contributed by atoms with van der Waals surface area (Å²) in [6.07, 6.45) is 0. The lowest BCUT2D eigenvalue weighted by Gasteiger charge is -2.04. The van der Waals surface area contributed by atoms with Crippen molar-refractivity contribution in [3.63, 3.8) is 0 Å². The van der Waals surface area contributed by atoms with Crippen LogP contribution in [0.5, 0.6) is 0 Å². The molecule has 2 aromatic carbocycles. The van der Waals surface area contributed by atoms with Crippen molar-refractivity contribution in [2.45, 2.75) is 10.6 Å². The Hall–Kier alpha value is -1.46. The van der Waals surface area contributed by atoms with Crippen LogP contribution in [0.1, 0.15) is 15.9 Å². The average molecular weight is 339 g/mol. The van der Waals surface area contributed by atoms with Gasteiger partial charge in [-0.15, -0.1) is 0 Å². The summed E-state index contributed by atoms with van der Waals surface area (Å²) in [5.74, 6) is -0.640. The Balaban J connectivity index is 2.18. The van der Waals surface area contributed by atoms with Crippen molar-refractivity contribution in [2.75, 3.05) is 0 Å². The summed E-state index contributed by atoms with van der Waals surface area (Å²) in [5, 5.41) is 8.91. The van der Waals surface area contributed by atoms with Crippen LogP contribution in [0, 0.1) is 0 Å². The van der Waals surface area contributed by atoms with Crippen LogP contribution in [-0.4, -0.2) is 15.3 Å². The van der Waals surface area contributed by atoms with Gasteiger partial charge in [0.1, 0.15) is 0 Å². The molecule has 1 atom stereocenters. The van der Waals surface area contributed by atoms with E-state index in [1.54, 1.807) is 12.1 Å². The molecule has 2 aromatic rings. The highest BCUT2D eigenvalue weighted by molar-refractivity contribution is 9.10. The number of carboxylic acid groups (broad SMARTS) is 1. The van der Waals surface area contributed by atoms with Crippen molar-refractivity contribution in [1.82, 2.24) is 0 Å². The summed E-state index contributed by atoms with van der Waals surface area (Å²) in [6, 6.07) is 13.8. The van der Waals surface area contributed by atoms with Crippen molar-refractivity contribution < 1.29 is 14.1 Å². The molecule has 0 amide bonds. The van der Waals surface area contributed by atoms with Gasteiger partial charge in [-0.3, -0.25) is 4.21 Å². The van der Waals surface area contributed by atoms with Crippen LogP contribution >= 0.6 is 15.9 Å². The molecule has 19 heavy (non-hydrogen) atoms. The van der Waals surface area contributed by atoms with Crippen LogP contribution in [0.25, 0.3) is 0 Å². The minimum Gasteiger partial charge on any atom is -0.478 e. The van der Waals surface area contributed by atoms with E-state index in [9.17, 15) is 9.00 Å². The second kappa shape index (κ2) is 6.12. The third kappa shape index (κ3) is 3.75. The number of benzene rings is 2. The Kier molecular flexibility index (Phi) is 4.50. The molecule has 1 N–H and O–H groups in total. The molecule has 1 unspecified atom stereocenters. The molecule has 0 bridgehead atoms. The average Bonchev–Trinajstić information content (AvgIpc) is 2.41. The lowest BCUT2D eigenvalue weighted by Crippen LogP contribution is -2.00. The van der Waals surface area contributed by atoms with E-state index < -0.39 is 16.8 Å². The molecular weight excluding hydrogens is 328 g/mol. The zero-order chi connectivity index (χ0) is 13.8. The summed E-state index contributed by atoms with van der Waals surface area (Å²) in [6.45, 7) is 0. The Labute approximate surface area is 121 Å². The molecule has 0 aliphatic heterocycles. The molecule has 5 heteroatoms. The number of carboxylic acids is 1. The number of carbonyl (C=O) groups is 1. The van der Waals surface area contributed by atoms with Crippen molar-refractivity contribution in [3.05, 3.63) is 64.1 Å². The van der Waals surface area contributed by atoms with E-state index in [4.69, 9.17) is 5.11 Å². The van der Waals surface area contributed by atoms with Crippen molar-refractivity contribution in [1.29, 1.82) is 0 Å². The van der Waals surface area contributed by atoms with Crippen molar-refractivity contribution in [3.8, 4) is 0 Å². The molecule has 0 saturated carbocycles. The molecule has 0 aliphatic rings. The number of hydrogen-bond donors (Lipinski definition) is 1. The van der Waals surface area contributed by atoms with Gasteiger partial charge in [0, 0.05) is 9.37 Å². The summed E-state index contributed by atoms with van der Waals surface area (Å²) >= 11 is 3.34. The lowest BCUT2D eigenvalue weighted by atomic mass is 10.2. The maximum absolute atomic E-state index is 12.2. The summed E-state index contributed by atoms with van der Waals surface area (Å²) in [5.41, 5.74) is 1.10. The Bertz CT molecular complexity index is 623. The van der Waals surface area contributed by atoms with Crippen LogP contribution in [0.15, 0.2) is 57.9 Å². The Morgan fingerprint density at radius 2 is 1.84 bits per heavy atom. The zero-order valence-corrected chi connectivity index (χ0v) is 12.3. The van der Waals surface area contributed by atoms with Gasteiger partial charge in [-0.2, -0.15) is 0 Å². The SMILES string of the molecule is O=C(O)c1cccc(S(=O)Cc2ccc(Br)cc2)c1. The second-order valence-corrected chi connectivity index (χ2v) is 6.32. The van der Waals surface area contributed by atoms with E-state index in [0.717, 1.165) is 10.0 Å². The third-order valence-corrected chi connectivity index (χ3v) is 4.46. The van der Waals surface area contributed by atoms with Gasteiger partial charge in [-0.1, -0.05) is 34.1 Å². The highest BCUT2D eigenvalue weighted by atomic mass is 79.9. The molecule has 0 radical (unpaired) electrons. The first-order valence-electron chi connectivity index (χ1n) is 5.52. The number of rotatable bonds is 4. The maximum Gasteiger partial charge on any atom is 0.335 e. The minimum absolute atomic E-state index is 0.154. The number of aromatic carboxylic acids is 1. The fraction of sp³-hybridized carbons (Fsp3) is 0.0714. The van der Waals surface area contributed by atoms with Gasteiger partial charge in [0.15, 0.2) is 0 Å². The van der Waals surface area contributed by atoms with Crippen LogP contribution in [0.2, 0.25) is 0 Å². The largest absolute Gasteiger partial charge is 0.478 e. The van der Waals surface area contributed by atoms with E-state index >= 15 is 0 Å².